The molecule has 1 aromatic rings. The molecular weight excluding hydrogens is 188 g/mol. The van der Waals surface area contributed by atoms with Crippen molar-refractivity contribution < 1.29 is 0 Å². The zero-order valence-corrected chi connectivity index (χ0v) is 9.45. The van der Waals surface area contributed by atoms with Crippen LogP contribution in [-0.2, 0) is 13.0 Å². The Morgan fingerprint density at radius 1 is 1.40 bits per heavy atom. The highest BCUT2D eigenvalue weighted by atomic mass is 15.3. The van der Waals surface area contributed by atoms with E-state index in [1.807, 2.05) is 4.68 Å². The van der Waals surface area contributed by atoms with Gasteiger partial charge in [-0.25, -0.2) is 4.98 Å². The van der Waals surface area contributed by atoms with Crippen molar-refractivity contribution in [2.75, 3.05) is 0 Å². The van der Waals surface area contributed by atoms with Crippen molar-refractivity contribution in [3.8, 4) is 0 Å². The Balaban J connectivity index is 2.06. The molecule has 0 radical (unpaired) electrons. The zero-order valence-electron chi connectivity index (χ0n) is 9.45. The molecule has 1 saturated carbocycles. The third-order valence-electron chi connectivity index (χ3n) is 3.35. The predicted molar refractivity (Wildman–Crippen MR) is 59.4 cm³/mol. The smallest absolute Gasteiger partial charge is 0.138 e. The average Bonchev–Trinajstić information content (AvgIpc) is 2.65. The van der Waals surface area contributed by atoms with E-state index in [2.05, 4.69) is 17.0 Å². The first-order chi connectivity index (χ1) is 7.23. The third kappa shape index (κ3) is 2.37. The average molecular weight is 208 g/mol. The molecule has 1 heterocycles. The number of aryl methyl sites for hydroxylation is 1. The van der Waals surface area contributed by atoms with Gasteiger partial charge in [-0.2, -0.15) is 5.10 Å². The molecule has 0 spiro atoms. The lowest BCUT2D eigenvalue weighted by Gasteiger charge is -2.32. The molecule has 0 atom stereocenters. The first kappa shape index (κ1) is 10.6. The molecule has 4 nitrogen and oxygen atoms in total. The van der Waals surface area contributed by atoms with E-state index in [0.29, 0.717) is 0 Å². The van der Waals surface area contributed by atoms with Crippen LogP contribution >= 0.6 is 0 Å². The Bertz CT molecular complexity index is 312. The molecule has 0 amide bonds. The monoisotopic (exact) mass is 208 g/mol. The Hall–Kier alpha value is -0.900. The summed E-state index contributed by atoms with van der Waals surface area (Å²) >= 11 is 0. The van der Waals surface area contributed by atoms with Gasteiger partial charge in [-0.05, 0) is 19.8 Å². The molecule has 0 unspecified atom stereocenters. The highest BCUT2D eigenvalue weighted by molar-refractivity contribution is 4.98. The van der Waals surface area contributed by atoms with E-state index < -0.39 is 0 Å². The fraction of sp³-hybridized carbons (Fsp3) is 0.818. The predicted octanol–water partition coefficient (Wildman–Crippen LogP) is 1.50. The lowest BCUT2D eigenvalue weighted by Crippen LogP contribution is -2.44. The molecule has 2 N–H and O–H groups in total. The SMILES string of the molecule is CCn1ncnc1CC1(N)CCCCC1. The van der Waals surface area contributed by atoms with Crippen molar-refractivity contribution in [3.63, 3.8) is 0 Å². The minimum atomic E-state index is -0.0296. The lowest BCUT2D eigenvalue weighted by atomic mass is 9.80. The summed E-state index contributed by atoms with van der Waals surface area (Å²) in [5.41, 5.74) is 6.36. The maximum atomic E-state index is 6.39. The number of rotatable bonds is 3. The summed E-state index contributed by atoms with van der Waals surface area (Å²) in [5, 5.41) is 4.18. The van der Waals surface area contributed by atoms with E-state index in [1.54, 1.807) is 6.33 Å². The summed E-state index contributed by atoms with van der Waals surface area (Å²) in [6, 6.07) is 0. The van der Waals surface area contributed by atoms with Crippen LogP contribution in [0.2, 0.25) is 0 Å². The summed E-state index contributed by atoms with van der Waals surface area (Å²) < 4.78 is 1.95. The Kier molecular flexibility index (Phi) is 3.05. The second-order valence-corrected chi connectivity index (χ2v) is 4.59. The second-order valence-electron chi connectivity index (χ2n) is 4.59. The molecule has 0 saturated heterocycles. The van der Waals surface area contributed by atoms with Gasteiger partial charge < -0.3 is 5.73 Å². The molecule has 1 aliphatic carbocycles. The molecule has 1 aromatic heterocycles. The van der Waals surface area contributed by atoms with Gasteiger partial charge in [0, 0.05) is 18.5 Å². The number of hydrogen-bond donors (Lipinski definition) is 1. The fourth-order valence-electron chi connectivity index (χ4n) is 2.44. The van der Waals surface area contributed by atoms with Crippen molar-refractivity contribution in [1.29, 1.82) is 0 Å². The van der Waals surface area contributed by atoms with Crippen LogP contribution in [0.3, 0.4) is 0 Å². The second kappa shape index (κ2) is 4.31. The van der Waals surface area contributed by atoms with E-state index in [1.165, 1.54) is 19.3 Å². The van der Waals surface area contributed by atoms with E-state index in [-0.39, 0.29) is 5.54 Å². The van der Waals surface area contributed by atoms with Gasteiger partial charge in [-0.15, -0.1) is 0 Å². The van der Waals surface area contributed by atoms with Gasteiger partial charge in [-0.3, -0.25) is 4.68 Å². The van der Waals surface area contributed by atoms with Crippen LogP contribution in [0, 0.1) is 0 Å². The van der Waals surface area contributed by atoms with Crippen molar-refractivity contribution >= 4 is 0 Å². The van der Waals surface area contributed by atoms with Crippen molar-refractivity contribution in [2.45, 2.75) is 57.5 Å². The Morgan fingerprint density at radius 3 is 2.80 bits per heavy atom. The zero-order chi connectivity index (χ0) is 10.7. The van der Waals surface area contributed by atoms with Crippen LogP contribution in [0.5, 0.6) is 0 Å². The molecule has 15 heavy (non-hydrogen) atoms. The minimum absolute atomic E-state index is 0.0296. The molecule has 0 aliphatic heterocycles. The molecular formula is C11H20N4. The normalized spacial score (nSPS) is 20.4. The summed E-state index contributed by atoms with van der Waals surface area (Å²) in [7, 11) is 0. The highest BCUT2D eigenvalue weighted by Gasteiger charge is 2.29. The molecule has 0 bridgehead atoms. The molecule has 84 valence electrons. The Morgan fingerprint density at radius 2 is 2.13 bits per heavy atom. The molecule has 2 rings (SSSR count). The minimum Gasteiger partial charge on any atom is -0.325 e. The Labute approximate surface area is 90.9 Å². The van der Waals surface area contributed by atoms with Crippen molar-refractivity contribution in [2.24, 2.45) is 5.73 Å². The van der Waals surface area contributed by atoms with Crippen LogP contribution in [0.25, 0.3) is 0 Å². The van der Waals surface area contributed by atoms with E-state index in [0.717, 1.165) is 31.6 Å². The van der Waals surface area contributed by atoms with Gasteiger partial charge in [0.1, 0.15) is 12.2 Å². The van der Waals surface area contributed by atoms with Gasteiger partial charge in [-0.1, -0.05) is 19.3 Å². The van der Waals surface area contributed by atoms with Crippen LogP contribution < -0.4 is 5.73 Å². The first-order valence-corrected chi connectivity index (χ1v) is 5.89. The summed E-state index contributed by atoms with van der Waals surface area (Å²) in [4.78, 5) is 4.30. The number of nitrogens with zero attached hydrogens (tertiary/aromatic N) is 3. The van der Waals surface area contributed by atoms with Crippen LogP contribution in [0.1, 0.15) is 44.9 Å². The van der Waals surface area contributed by atoms with Gasteiger partial charge in [0.15, 0.2) is 0 Å². The maximum Gasteiger partial charge on any atom is 0.138 e. The van der Waals surface area contributed by atoms with E-state index >= 15 is 0 Å². The number of nitrogens with two attached hydrogens (primary N) is 1. The quantitative estimate of drug-likeness (QED) is 0.819. The topological polar surface area (TPSA) is 56.7 Å². The van der Waals surface area contributed by atoms with Gasteiger partial charge >= 0.3 is 0 Å². The summed E-state index contributed by atoms with van der Waals surface area (Å²) in [6.07, 6.45) is 8.62. The molecule has 1 fully saturated rings. The van der Waals surface area contributed by atoms with Gasteiger partial charge in [0.05, 0.1) is 0 Å². The maximum absolute atomic E-state index is 6.39. The largest absolute Gasteiger partial charge is 0.325 e. The van der Waals surface area contributed by atoms with Crippen LogP contribution in [-0.4, -0.2) is 20.3 Å². The number of aromatic nitrogens is 3. The van der Waals surface area contributed by atoms with E-state index in [4.69, 9.17) is 5.73 Å². The molecule has 0 aromatic carbocycles. The fourth-order valence-corrected chi connectivity index (χ4v) is 2.44. The third-order valence-corrected chi connectivity index (χ3v) is 3.35. The molecule has 1 aliphatic rings. The first-order valence-electron chi connectivity index (χ1n) is 5.89. The van der Waals surface area contributed by atoms with Gasteiger partial charge in [0.2, 0.25) is 0 Å². The summed E-state index contributed by atoms with van der Waals surface area (Å²) in [5.74, 6) is 1.04. The van der Waals surface area contributed by atoms with Crippen molar-refractivity contribution in [3.05, 3.63) is 12.2 Å². The molecule has 4 heteroatoms. The van der Waals surface area contributed by atoms with Crippen LogP contribution in [0.4, 0.5) is 0 Å². The van der Waals surface area contributed by atoms with Gasteiger partial charge in [0.25, 0.3) is 0 Å². The summed E-state index contributed by atoms with van der Waals surface area (Å²) in [6.45, 7) is 2.97. The van der Waals surface area contributed by atoms with Crippen LogP contribution in [0.15, 0.2) is 6.33 Å². The highest BCUT2D eigenvalue weighted by Crippen LogP contribution is 2.28. The lowest BCUT2D eigenvalue weighted by molar-refractivity contribution is 0.286. The van der Waals surface area contributed by atoms with Crippen molar-refractivity contribution in [1.82, 2.24) is 14.8 Å². The van der Waals surface area contributed by atoms with E-state index in [9.17, 15) is 0 Å². The standard InChI is InChI=1S/C11H20N4/c1-2-15-10(13-9-14-15)8-11(12)6-4-3-5-7-11/h9H,2-8,12H2,1H3. The number of hydrogen-bond acceptors (Lipinski definition) is 3.